The monoisotopic (exact) mass is 330 g/mol. The first-order chi connectivity index (χ1) is 8.69. The van der Waals surface area contributed by atoms with Crippen LogP contribution in [0.15, 0.2) is 22.7 Å². The van der Waals surface area contributed by atoms with Gasteiger partial charge in [0, 0.05) is 22.1 Å². The van der Waals surface area contributed by atoms with Crippen LogP contribution in [0.25, 0.3) is 0 Å². The van der Waals surface area contributed by atoms with Crippen molar-refractivity contribution < 1.29 is 0 Å². The van der Waals surface area contributed by atoms with Crippen LogP contribution in [0.4, 0.5) is 0 Å². The Balaban J connectivity index is 1.83. The highest BCUT2D eigenvalue weighted by molar-refractivity contribution is 9.10. The van der Waals surface area contributed by atoms with Crippen molar-refractivity contribution in [2.24, 2.45) is 0 Å². The zero-order chi connectivity index (χ0) is 13.0. The molecule has 2 nitrogen and oxygen atoms in total. The van der Waals surface area contributed by atoms with E-state index in [0.717, 1.165) is 16.0 Å². The average molecular weight is 332 g/mol. The number of benzene rings is 1. The van der Waals surface area contributed by atoms with E-state index in [2.05, 4.69) is 33.1 Å². The number of nitrogens with one attached hydrogen (secondary N) is 1. The minimum Gasteiger partial charge on any atom is -0.310 e. The van der Waals surface area contributed by atoms with Gasteiger partial charge in [-0.15, -0.1) is 0 Å². The number of halogens is 2. The van der Waals surface area contributed by atoms with Gasteiger partial charge < -0.3 is 10.2 Å². The van der Waals surface area contributed by atoms with E-state index in [4.69, 9.17) is 11.6 Å². The summed E-state index contributed by atoms with van der Waals surface area (Å²) >= 11 is 9.59. The van der Waals surface area contributed by atoms with Crippen molar-refractivity contribution in [3.63, 3.8) is 0 Å². The van der Waals surface area contributed by atoms with E-state index < -0.39 is 0 Å². The maximum absolute atomic E-state index is 6.02. The molecule has 1 fully saturated rings. The molecule has 1 heterocycles. The van der Waals surface area contributed by atoms with Crippen LogP contribution in [0.3, 0.4) is 0 Å². The van der Waals surface area contributed by atoms with E-state index >= 15 is 0 Å². The summed E-state index contributed by atoms with van der Waals surface area (Å²) < 4.78 is 1.13. The average Bonchev–Trinajstić information content (AvgIpc) is 2.40. The van der Waals surface area contributed by atoms with Gasteiger partial charge in [-0.3, -0.25) is 0 Å². The highest BCUT2D eigenvalue weighted by Crippen LogP contribution is 2.21. The fourth-order valence-electron chi connectivity index (χ4n) is 2.39. The van der Waals surface area contributed by atoms with Gasteiger partial charge in [-0.05, 0) is 56.2 Å². The second-order valence-electron chi connectivity index (χ2n) is 4.83. The lowest BCUT2D eigenvalue weighted by Gasteiger charge is -2.31. The molecule has 1 N–H and O–H groups in total. The zero-order valence-corrected chi connectivity index (χ0v) is 13.1. The molecule has 0 aliphatic carbocycles. The van der Waals surface area contributed by atoms with E-state index in [1.165, 1.54) is 38.0 Å². The fraction of sp³-hybridized carbons (Fsp3) is 0.571. The normalized spacial score (nSPS) is 18.2. The van der Waals surface area contributed by atoms with Crippen LogP contribution in [0.5, 0.6) is 0 Å². The van der Waals surface area contributed by atoms with Gasteiger partial charge in [0.1, 0.15) is 0 Å². The third-order valence-corrected chi connectivity index (χ3v) is 4.63. The molecule has 1 aliphatic heterocycles. The lowest BCUT2D eigenvalue weighted by molar-refractivity contribution is 0.206. The van der Waals surface area contributed by atoms with Crippen LogP contribution in [0, 0.1) is 0 Å². The largest absolute Gasteiger partial charge is 0.310 e. The third kappa shape index (κ3) is 3.95. The molecule has 2 rings (SSSR count). The van der Waals surface area contributed by atoms with Crippen LogP contribution in [0.2, 0.25) is 5.02 Å². The van der Waals surface area contributed by atoms with Gasteiger partial charge in [0.25, 0.3) is 0 Å². The summed E-state index contributed by atoms with van der Waals surface area (Å²) in [5, 5.41) is 4.44. The van der Waals surface area contributed by atoms with Crippen molar-refractivity contribution in [2.75, 3.05) is 19.6 Å². The maximum Gasteiger partial charge on any atom is 0.0410 e. The predicted molar refractivity (Wildman–Crippen MR) is 81.1 cm³/mol. The number of likely N-dealkylation sites (tertiary alicyclic amines) is 1. The number of hydrogen-bond donors (Lipinski definition) is 1. The quantitative estimate of drug-likeness (QED) is 0.905. The van der Waals surface area contributed by atoms with E-state index in [1.54, 1.807) is 0 Å². The van der Waals surface area contributed by atoms with E-state index in [-0.39, 0.29) is 0 Å². The first-order valence-electron chi connectivity index (χ1n) is 6.58. The van der Waals surface area contributed by atoms with Crippen molar-refractivity contribution in [3.8, 4) is 0 Å². The molecule has 0 saturated carbocycles. The summed E-state index contributed by atoms with van der Waals surface area (Å²) in [5.41, 5.74) is 1.24. The molecule has 1 saturated heterocycles. The highest BCUT2D eigenvalue weighted by Gasteiger charge is 2.17. The molecule has 1 aromatic rings. The Morgan fingerprint density at radius 2 is 2.11 bits per heavy atom. The van der Waals surface area contributed by atoms with Crippen LogP contribution >= 0.6 is 27.5 Å². The topological polar surface area (TPSA) is 15.3 Å². The molecular weight excluding hydrogens is 312 g/mol. The van der Waals surface area contributed by atoms with Gasteiger partial charge in [0.2, 0.25) is 0 Å². The second-order valence-corrected chi connectivity index (χ2v) is 6.12. The van der Waals surface area contributed by atoms with Gasteiger partial charge in [0.15, 0.2) is 0 Å². The Hall–Kier alpha value is -0.0900. The van der Waals surface area contributed by atoms with Crippen LogP contribution in [-0.2, 0) is 6.54 Å². The minimum absolute atomic E-state index is 0.638. The zero-order valence-electron chi connectivity index (χ0n) is 10.8. The smallest absolute Gasteiger partial charge is 0.0410 e. The Morgan fingerprint density at radius 1 is 1.39 bits per heavy atom. The Kier molecular flexibility index (Phi) is 5.49. The summed E-state index contributed by atoms with van der Waals surface area (Å²) in [4.78, 5) is 2.51. The van der Waals surface area contributed by atoms with E-state index in [9.17, 15) is 0 Å². The summed E-state index contributed by atoms with van der Waals surface area (Å²) in [6.07, 6.45) is 2.48. The Bertz CT molecular complexity index is 389. The molecule has 0 unspecified atom stereocenters. The molecule has 0 aromatic heterocycles. The fourth-order valence-corrected chi connectivity index (χ4v) is 2.97. The van der Waals surface area contributed by atoms with Gasteiger partial charge in [-0.2, -0.15) is 0 Å². The first-order valence-corrected chi connectivity index (χ1v) is 7.76. The van der Waals surface area contributed by atoms with Crippen molar-refractivity contribution in [2.45, 2.75) is 32.4 Å². The van der Waals surface area contributed by atoms with Crippen molar-refractivity contribution in [1.82, 2.24) is 10.2 Å². The van der Waals surface area contributed by atoms with E-state index in [1.807, 2.05) is 18.2 Å². The molecule has 100 valence electrons. The third-order valence-electron chi connectivity index (χ3n) is 3.62. The van der Waals surface area contributed by atoms with E-state index in [0.29, 0.717) is 6.04 Å². The van der Waals surface area contributed by atoms with Crippen LogP contribution < -0.4 is 5.32 Å². The van der Waals surface area contributed by atoms with Crippen LogP contribution in [0.1, 0.15) is 25.3 Å². The molecule has 0 bridgehead atoms. The SMILES string of the molecule is CCN1CCC(NCc2cc(Cl)ccc2Br)CC1. The lowest BCUT2D eigenvalue weighted by Crippen LogP contribution is -2.42. The van der Waals surface area contributed by atoms with Gasteiger partial charge in [-0.1, -0.05) is 34.5 Å². The molecule has 0 amide bonds. The molecule has 1 aliphatic rings. The molecule has 0 radical (unpaired) electrons. The summed E-state index contributed by atoms with van der Waals surface area (Å²) in [7, 11) is 0. The summed E-state index contributed by atoms with van der Waals surface area (Å²) in [6, 6.07) is 6.59. The summed E-state index contributed by atoms with van der Waals surface area (Å²) in [6.45, 7) is 6.72. The first kappa shape index (κ1) is 14.3. The molecular formula is C14H20BrClN2. The number of piperidine rings is 1. The number of nitrogens with zero attached hydrogens (tertiary/aromatic N) is 1. The van der Waals surface area contributed by atoms with Crippen molar-refractivity contribution >= 4 is 27.5 Å². The van der Waals surface area contributed by atoms with Gasteiger partial charge >= 0.3 is 0 Å². The molecule has 0 spiro atoms. The Morgan fingerprint density at radius 3 is 2.78 bits per heavy atom. The molecule has 18 heavy (non-hydrogen) atoms. The molecule has 1 aromatic carbocycles. The summed E-state index contributed by atoms with van der Waals surface area (Å²) in [5.74, 6) is 0. The molecule has 0 atom stereocenters. The Labute approximate surface area is 123 Å². The van der Waals surface area contributed by atoms with Crippen molar-refractivity contribution in [1.29, 1.82) is 0 Å². The second kappa shape index (κ2) is 6.90. The molecule has 4 heteroatoms. The van der Waals surface area contributed by atoms with Gasteiger partial charge in [-0.25, -0.2) is 0 Å². The minimum atomic E-state index is 0.638. The standard InChI is InChI=1S/C14H20BrClN2/c1-2-18-7-5-13(6-8-18)17-10-11-9-12(16)3-4-14(11)15/h3-4,9,13,17H,2,5-8,10H2,1H3. The van der Waals surface area contributed by atoms with Crippen molar-refractivity contribution in [3.05, 3.63) is 33.3 Å². The van der Waals surface area contributed by atoms with Gasteiger partial charge in [0.05, 0.1) is 0 Å². The number of rotatable bonds is 4. The number of hydrogen-bond acceptors (Lipinski definition) is 2. The maximum atomic E-state index is 6.02. The predicted octanol–water partition coefficient (Wildman–Crippen LogP) is 3.68. The van der Waals surface area contributed by atoms with Crippen LogP contribution in [-0.4, -0.2) is 30.6 Å². The lowest BCUT2D eigenvalue weighted by atomic mass is 10.0. The highest BCUT2D eigenvalue weighted by atomic mass is 79.9.